The Morgan fingerprint density at radius 3 is 3.05 bits per heavy atom. The fourth-order valence-electron chi connectivity index (χ4n) is 2.81. The maximum atomic E-state index is 13.5. The summed E-state index contributed by atoms with van der Waals surface area (Å²) in [6.07, 6.45) is 4.21. The first-order valence-electron chi connectivity index (χ1n) is 6.32. The van der Waals surface area contributed by atoms with Gasteiger partial charge in [0.15, 0.2) is 0 Å². The molecule has 0 spiro atoms. The van der Waals surface area contributed by atoms with Gasteiger partial charge in [0.2, 0.25) is 0 Å². The van der Waals surface area contributed by atoms with E-state index in [9.17, 15) is 9.50 Å². The highest BCUT2D eigenvalue weighted by Gasteiger charge is 2.36. The molecule has 0 aliphatic heterocycles. The zero-order valence-corrected chi connectivity index (χ0v) is 11.1. The Morgan fingerprint density at radius 2 is 2.21 bits per heavy atom. The quantitative estimate of drug-likeness (QED) is 0.907. The molecule has 2 nitrogen and oxygen atoms in total. The highest BCUT2D eigenvalue weighted by molar-refractivity contribution is 6.31. The number of halogens is 2. The van der Waals surface area contributed by atoms with Gasteiger partial charge in [-0.15, -0.1) is 0 Å². The van der Waals surface area contributed by atoms with E-state index in [-0.39, 0.29) is 5.02 Å². The highest BCUT2D eigenvalue weighted by atomic mass is 35.5. The molecular formula is C15H14ClFO2. The van der Waals surface area contributed by atoms with Gasteiger partial charge in [-0.05, 0) is 30.5 Å². The molecular weight excluding hydrogens is 267 g/mol. The lowest BCUT2D eigenvalue weighted by atomic mass is 9.79. The summed E-state index contributed by atoms with van der Waals surface area (Å²) >= 11 is 5.97. The van der Waals surface area contributed by atoms with Crippen LogP contribution in [0.5, 0.6) is 0 Å². The highest BCUT2D eigenvalue weighted by Crippen LogP contribution is 2.39. The van der Waals surface area contributed by atoms with E-state index in [1.807, 2.05) is 0 Å². The van der Waals surface area contributed by atoms with Gasteiger partial charge < -0.3 is 9.52 Å². The number of furan rings is 1. The van der Waals surface area contributed by atoms with E-state index in [2.05, 4.69) is 0 Å². The van der Waals surface area contributed by atoms with Crippen molar-refractivity contribution in [3.05, 3.63) is 58.3 Å². The summed E-state index contributed by atoms with van der Waals surface area (Å²) in [4.78, 5) is 0. The summed E-state index contributed by atoms with van der Waals surface area (Å²) in [5.41, 5.74) is 0.412. The van der Waals surface area contributed by atoms with Crippen LogP contribution in [0, 0.1) is 5.82 Å². The van der Waals surface area contributed by atoms with Gasteiger partial charge in [-0.2, -0.15) is 0 Å². The van der Waals surface area contributed by atoms with Crippen LogP contribution in [0.3, 0.4) is 0 Å². The van der Waals surface area contributed by atoms with Crippen molar-refractivity contribution in [3.63, 3.8) is 0 Å². The molecule has 100 valence electrons. The Balaban J connectivity index is 1.98. The van der Waals surface area contributed by atoms with E-state index >= 15 is 0 Å². The predicted molar refractivity (Wildman–Crippen MR) is 70.7 cm³/mol. The number of fused-ring (bicyclic) bond motifs is 1. The molecule has 0 radical (unpaired) electrons. The maximum absolute atomic E-state index is 13.5. The molecule has 2 aromatic rings. The van der Waals surface area contributed by atoms with Crippen molar-refractivity contribution in [2.45, 2.75) is 31.3 Å². The van der Waals surface area contributed by atoms with Crippen molar-refractivity contribution in [1.29, 1.82) is 0 Å². The number of hydrogen-bond acceptors (Lipinski definition) is 2. The summed E-state index contributed by atoms with van der Waals surface area (Å²) in [6.45, 7) is 0. The van der Waals surface area contributed by atoms with Crippen molar-refractivity contribution in [2.75, 3.05) is 0 Å². The summed E-state index contributed by atoms with van der Waals surface area (Å²) in [6, 6.07) is 6.47. The van der Waals surface area contributed by atoms with Crippen LogP contribution in [0.4, 0.5) is 4.39 Å². The average molecular weight is 281 g/mol. The monoisotopic (exact) mass is 280 g/mol. The van der Waals surface area contributed by atoms with Crippen LogP contribution in [-0.2, 0) is 18.4 Å². The van der Waals surface area contributed by atoms with Gasteiger partial charge in [0, 0.05) is 18.4 Å². The molecule has 0 bridgehead atoms. The molecule has 1 aromatic carbocycles. The van der Waals surface area contributed by atoms with E-state index in [0.29, 0.717) is 18.4 Å². The Morgan fingerprint density at radius 1 is 1.37 bits per heavy atom. The third kappa shape index (κ3) is 2.17. The normalized spacial score (nSPS) is 22.3. The fraction of sp³-hybridized carbons (Fsp3) is 0.333. The first-order chi connectivity index (χ1) is 9.10. The Labute approximate surface area is 115 Å². The van der Waals surface area contributed by atoms with Crippen LogP contribution in [0.15, 0.2) is 34.9 Å². The van der Waals surface area contributed by atoms with Crippen LogP contribution in [0.2, 0.25) is 5.02 Å². The number of benzene rings is 1. The second-order valence-electron chi connectivity index (χ2n) is 5.03. The molecule has 1 aromatic heterocycles. The molecule has 0 saturated carbocycles. The van der Waals surface area contributed by atoms with E-state index in [4.69, 9.17) is 16.0 Å². The van der Waals surface area contributed by atoms with Crippen molar-refractivity contribution in [1.82, 2.24) is 0 Å². The third-order valence-electron chi connectivity index (χ3n) is 3.76. The topological polar surface area (TPSA) is 33.4 Å². The van der Waals surface area contributed by atoms with Gasteiger partial charge >= 0.3 is 0 Å². The third-order valence-corrected chi connectivity index (χ3v) is 4.18. The smallest absolute Gasteiger partial charge is 0.142 e. The van der Waals surface area contributed by atoms with Gasteiger partial charge in [-0.3, -0.25) is 0 Å². The lowest BCUT2D eigenvalue weighted by molar-refractivity contribution is 0.0168. The number of aliphatic hydroxyl groups is 1. The van der Waals surface area contributed by atoms with Crippen molar-refractivity contribution in [3.8, 4) is 0 Å². The molecule has 0 fully saturated rings. The van der Waals surface area contributed by atoms with Crippen molar-refractivity contribution in [2.24, 2.45) is 0 Å². The zero-order valence-electron chi connectivity index (χ0n) is 10.3. The number of aryl methyl sites for hydroxylation is 1. The van der Waals surface area contributed by atoms with Gasteiger partial charge in [-0.25, -0.2) is 4.39 Å². The summed E-state index contributed by atoms with van der Waals surface area (Å²) in [5, 5.41) is 10.9. The Kier molecular flexibility index (Phi) is 3.11. The minimum atomic E-state index is -1.02. The van der Waals surface area contributed by atoms with Crippen LogP contribution >= 0.6 is 11.6 Å². The molecule has 0 amide bonds. The predicted octanol–water partition coefficient (Wildman–Crippen LogP) is 3.84. The van der Waals surface area contributed by atoms with E-state index in [1.54, 1.807) is 24.5 Å². The molecule has 1 atom stereocenters. The van der Waals surface area contributed by atoms with E-state index < -0.39 is 11.4 Å². The molecule has 1 N–H and O–H groups in total. The van der Waals surface area contributed by atoms with Crippen LogP contribution < -0.4 is 0 Å². The van der Waals surface area contributed by atoms with Crippen molar-refractivity contribution < 1.29 is 13.9 Å². The molecule has 4 heteroatoms. The minimum absolute atomic E-state index is 0.0894. The van der Waals surface area contributed by atoms with E-state index in [0.717, 1.165) is 24.2 Å². The molecule has 19 heavy (non-hydrogen) atoms. The first kappa shape index (κ1) is 12.7. The van der Waals surface area contributed by atoms with Gasteiger partial charge in [0.25, 0.3) is 0 Å². The minimum Gasteiger partial charge on any atom is -0.469 e. The van der Waals surface area contributed by atoms with Crippen molar-refractivity contribution >= 4 is 11.6 Å². The summed E-state index contributed by atoms with van der Waals surface area (Å²) in [7, 11) is 0. The second kappa shape index (κ2) is 4.66. The zero-order chi connectivity index (χ0) is 13.5. The summed E-state index contributed by atoms with van der Waals surface area (Å²) < 4.78 is 18.8. The van der Waals surface area contributed by atoms with Gasteiger partial charge in [-0.1, -0.05) is 23.7 Å². The number of hydrogen-bond donors (Lipinski definition) is 1. The van der Waals surface area contributed by atoms with Crippen LogP contribution in [0.1, 0.15) is 29.7 Å². The Hall–Kier alpha value is -1.32. The van der Waals surface area contributed by atoms with Gasteiger partial charge in [0.05, 0.1) is 16.9 Å². The molecule has 1 aliphatic carbocycles. The Bertz CT molecular complexity index is 608. The second-order valence-corrected chi connectivity index (χ2v) is 5.41. The molecule has 1 aliphatic rings. The lowest BCUT2D eigenvalue weighted by Crippen LogP contribution is -2.32. The number of rotatable bonds is 2. The molecule has 3 rings (SSSR count). The average Bonchev–Trinajstić information content (AvgIpc) is 2.85. The maximum Gasteiger partial charge on any atom is 0.142 e. The molecule has 0 saturated heterocycles. The molecule has 1 unspecified atom stereocenters. The summed E-state index contributed by atoms with van der Waals surface area (Å²) in [5.74, 6) is 0.368. The van der Waals surface area contributed by atoms with Crippen LogP contribution in [-0.4, -0.2) is 5.11 Å². The van der Waals surface area contributed by atoms with Gasteiger partial charge in [0.1, 0.15) is 11.6 Å². The largest absolute Gasteiger partial charge is 0.469 e. The lowest BCUT2D eigenvalue weighted by Gasteiger charge is -2.32. The first-order valence-corrected chi connectivity index (χ1v) is 6.70. The van der Waals surface area contributed by atoms with E-state index in [1.165, 1.54) is 6.07 Å². The van der Waals surface area contributed by atoms with Crippen LogP contribution in [0.25, 0.3) is 0 Å². The standard InChI is InChI=1S/C15H14ClFO2/c16-14-10(3-1-4-12(14)17)9-15(18)7-2-5-13-11(15)6-8-19-13/h1,3-4,6,8,18H,2,5,7,9H2. The molecule has 1 heterocycles. The SMILES string of the molecule is OC1(Cc2cccc(F)c2Cl)CCCc2occc21. The fourth-order valence-corrected chi connectivity index (χ4v) is 3.00.